The SMILES string of the molecule is CCc1ccc(C(N)CN(C)CC(C)CC)cc1. The van der Waals surface area contributed by atoms with Gasteiger partial charge >= 0.3 is 0 Å². The molecule has 0 aliphatic heterocycles. The van der Waals surface area contributed by atoms with Crippen LogP contribution in [-0.4, -0.2) is 25.0 Å². The maximum Gasteiger partial charge on any atom is 0.0424 e. The second-order valence-corrected chi connectivity index (χ2v) is 5.44. The van der Waals surface area contributed by atoms with Crippen molar-refractivity contribution in [1.29, 1.82) is 0 Å². The average molecular weight is 248 g/mol. The lowest BCUT2D eigenvalue weighted by atomic mass is 10.0. The Kier molecular flexibility index (Phi) is 6.37. The Hall–Kier alpha value is -0.860. The van der Waals surface area contributed by atoms with Crippen LogP contribution < -0.4 is 5.73 Å². The van der Waals surface area contributed by atoms with Crippen LogP contribution in [-0.2, 0) is 6.42 Å². The number of nitrogens with zero attached hydrogens (tertiary/aromatic N) is 1. The first-order valence-corrected chi connectivity index (χ1v) is 7.09. The zero-order chi connectivity index (χ0) is 13.5. The van der Waals surface area contributed by atoms with Gasteiger partial charge in [0.2, 0.25) is 0 Å². The fourth-order valence-corrected chi connectivity index (χ4v) is 2.18. The number of hydrogen-bond donors (Lipinski definition) is 1. The summed E-state index contributed by atoms with van der Waals surface area (Å²) in [5.74, 6) is 0.740. The molecule has 1 aromatic rings. The summed E-state index contributed by atoms with van der Waals surface area (Å²) >= 11 is 0. The van der Waals surface area contributed by atoms with E-state index in [1.54, 1.807) is 0 Å². The van der Waals surface area contributed by atoms with Gasteiger partial charge in [-0.25, -0.2) is 0 Å². The highest BCUT2D eigenvalue weighted by Gasteiger charge is 2.11. The average Bonchev–Trinajstić information content (AvgIpc) is 2.38. The van der Waals surface area contributed by atoms with Crippen molar-refractivity contribution in [2.45, 2.75) is 39.7 Å². The third-order valence-corrected chi connectivity index (χ3v) is 3.64. The van der Waals surface area contributed by atoms with Crippen molar-refractivity contribution in [1.82, 2.24) is 4.90 Å². The fraction of sp³-hybridized carbons (Fsp3) is 0.625. The molecule has 0 fully saturated rings. The van der Waals surface area contributed by atoms with Crippen LogP contribution in [0.4, 0.5) is 0 Å². The molecule has 0 amide bonds. The van der Waals surface area contributed by atoms with Crippen LogP contribution in [0.25, 0.3) is 0 Å². The predicted molar refractivity (Wildman–Crippen MR) is 79.7 cm³/mol. The Morgan fingerprint density at radius 2 is 1.72 bits per heavy atom. The Morgan fingerprint density at radius 1 is 1.11 bits per heavy atom. The Bertz CT molecular complexity index is 331. The summed E-state index contributed by atoms with van der Waals surface area (Å²) in [5.41, 5.74) is 8.88. The molecule has 2 unspecified atom stereocenters. The van der Waals surface area contributed by atoms with Crippen molar-refractivity contribution >= 4 is 0 Å². The van der Waals surface area contributed by atoms with Crippen LogP contribution in [0.15, 0.2) is 24.3 Å². The Balaban J connectivity index is 2.50. The van der Waals surface area contributed by atoms with Crippen molar-refractivity contribution in [3.05, 3.63) is 35.4 Å². The van der Waals surface area contributed by atoms with E-state index in [2.05, 4.69) is 57.0 Å². The van der Waals surface area contributed by atoms with E-state index in [1.165, 1.54) is 17.5 Å². The fourth-order valence-electron chi connectivity index (χ4n) is 2.18. The van der Waals surface area contributed by atoms with Gasteiger partial charge in [0.15, 0.2) is 0 Å². The lowest BCUT2D eigenvalue weighted by Crippen LogP contribution is -2.32. The third-order valence-electron chi connectivity index (χ3n) is 3.64. The van der Waals surface area contributed by atoms with E-state index < -0.39 is 0 Å². The molecule has 0 spiro atoms. The van der Waals surface area contributed by atoms with Crippen LogP contribution in [0.2, 0.25) is 0 Å². The highest BCUT2D eigenvalue weighted by atomic mass is 15.1. The number of likely N-dealkylation sites (N-methyl/N-ethyl adjacent to an activating group) is 1. The van der Waals surface area contributed by atoms with Crippen molar-refractivity contribution in [2.24, 2.45) is 11.7 Å². The topological polar surface area (TPSA) is 29.3 Å². The Labute approximate surface area is 112 Å². The van der Waals surface area contributed by atoms with Gasteiger partial charge in [0, 0.05) is 19.1 Å². The smallest absolute Gasteiger partial charge is 0.0424 e. The summed E-state index contributed by atoms with van der Waals surface area (Å²) in [7, 11) is 2.16. The molecule has 2 atom stereocenters. The van der Waals surface area contributed by atoms with E-state index in [-0.39, 0.29) is 6.04 Å². The summed E-state index contributed by atoms with van der Waals surface area (Å²) in [6.45, 7) is 8.75. The van der Waals surface area contributed by atoms with E-state index >= 15 is 0 Å². The Morgan fingerprint density at radius 3 is 2.22 bits per heavy atom. The van der Waals surface area contributed by atoms with Gasteiger partial charge in [-0.3, -0.25) is 0 Å². The molecule has 0 bridgehead atoms. The van der Waals surface area contributed by atoms with Crippen molar-refractivity contribution in [3.63, 3.8) is 0 Å². The first-order chi connectivity index (χ1) is 8.56. The number of hydrogen-bond acceptors (Lipinski definition) is 2. The van der Waals surface area contributed by atoms with Crippen LogP contribution in [0, 0.1) is 5.92 Å². The van der Waals surface area contributed by atoms with Gasteiger partial charge in [-0.15, -0.1) is 0 Å². The van der Waals surface area contributed by atoms with Crippen molar-refractivity contribution in [3.8, 4) is 0 Å². The predicted octanol–water partition coefficient (Wildman–Crippen LogP) is 3.23. The molecule has 0 aliphatic carbocycles. The van der Waals surface area contributed by atoms with E-state index in [4.69, 9.17) is 5.73 Å². The van der Waals surface area contributed by atoms with Crippen molar-refractivity contribution < 1.29 is 0 Å². The molecule has 102 valence electrons. The zero-order valence-corrected chi connectivity index (χ0v) is 12.3. The molecule has 0 aliphatic rings. The maximum absolute atomic E-state index is 6.26. The second kappa shape index (κ2) is 7.55. The molecule has 0 aromatic heterocycles. The van der Waals surface area contributed by atoms with Gasteiger partial charge < -0.3 is 10.6 Å². The molecule has 18 heavy (non-hydrogen) atoms. The maximum atomic E-state index is 6.26. The molecule has 2 N–H and O–H groups in total. The van der Waals surface area contributed by atoms with Gasteiger partial charge in [0.1, 0.15) is 0 Å². The van der Waals surface area contributed by atoms with E-state index in [1.807, 2.05) is 0 Å². The minimum Gasteiger partial charge on any atom is -0.323 e. The largest absolute Gasteiger partial charge is 0.323 e. The van der Waals surface area contributed by atoms with E-state index in [0.29, 0.717) is 0 Å². The molecular formula is C16H28N2. The number of rotatable bonds is 7. The summed E-state index contributed by atoms with van der Waals surface area (Å²) in [5, 5.41) is 0. The summed E-state index contributed by atoms with van der Waals surface area (Å²) in [4.78, 5) is 2.34. The first kappa shape index (κ1) is 15.2. The van der Waals surface area contributed by atoms with E-state index in [9.17, 15) is 0 Å². The minimum atomic E-state index is 0.116. The van der Waals surface area contributed by atoms with Gasteiger partial charge in [-0.05, 0) is 30.5 Å². The summed E-state index contributed by atoms with van der Waals surface area (Å²) in [6.07, 6.45) is 2.31. The molecule has 0 saturated heterocycles. The van der Waals surface area contributed by atoms with Gasteiger partial charge in [0.05, 0.1) is 0 Å². The summed E-state index contributed by atoms with van der Waals surface area (Å²) < 4.78 is 0. The van der Waals surface area contributed by atoms with Gasteiger partial charge in [0.25, 0.3) is 0 Å². The standard InChI is InChI=1S/C16H28N2/c1-5-13(3)11-18(4)12-16(17)15-9-7-14(6-2)8-10-15/h7-10,13,16H,5-6,11-12,17H2,1-4H3. The van der Waals surface area contributed by atoms with Crippen molar-refractivity contribution in [2.75, 3.05) is 20.1 Å². The molecule has 0 saturated carbocycles. The molecule has 1 rings (SSSR count). The van der Waals surface area contributed by atoms with Gasteiger partial charge in [-0.2, -0.15) is 0 Å². The number of benzene rings is 1. The van der Waals surface area contributed by atoms with E-state index in [0.717, 1.165) is 25.4 Å². The van der Waals surface area contributed by atoms with Crippen LogP contribution in [0.5, 0.6) is 0 Å². The normalized spacial score (nSPS) is 14.8. The quantitative estimate of drug-likeness (QED) is 0.802. The summed E-state index contributed by atoms with van der Waals surface area (Å²) in [6, 6.07) is 8.82. The zero-order valence-electron chi connectivity index (χ0n) is 12.3. The van der Waals surface area contributed by atoms with Crippen LogP contribution in [0.1, 0.15) is 44.4 Å². The molecule has 1 aromatic carbocycles. The van der Waals surface area contributed by atoms with Gasteiger partial charge in [-0.1, -0.05) is 51.5 Å². The van der Waals surface area contributed by atoms with Crippen LogP contribution >= 0.6 is 0 Å². The monoisotopic (exact) mass is 248 g/mol. The molecule has 2 heteroatoms. The first-order valence-electron chi connectivity index (χ1n) is 7.09. The highest BCUT2D eigenvalue weighted by Crippen LogP contribution is 2.14. The molecular weight excluding hydrogens is 220 g/mol. The molecule has 0 heterocycles. The highest BCUT2D eigenvalue weighted by molar-refractivity contribution is 5.25. The lowest BCUT2D eigenvalue weighted by molar-refractivity contribution is 0.267. The molecule has 2 nitrogen and oxygen atoms in total. The van der Waals surface area contributed by atoms with Crippen LogP contribution in [0.3, 0.4) is 0 Å². The number of nitrogens with two attached hydrogens (primary N) is 1. The number of aryl methyl sites for hydroxylation is 1. The lowest BCUT2D eigenvalue weighted by Gasteiger charge is -2.24. The third kappa shape index (κ3) is 4.79. The second-order valence-electron chi connectivity index (χ2n) is 5.44. The molecule has 0 radical (unpaired) electrons. The minimum absolute atomic E-state index is 0.116.